The summed E-state index contributed by atoms with van der Waals surface area (Å²) in [6.45, 7) is 3.31. The summed E-state index contributed by atoms with van der Waals surface area (Å²) in [6, 6.07) is 10.4. The fraction of sp³-hybridized carbons (Fsp3) is 0.267. The topological polar surface area (TPSA) is 48.1 Å². The first kappa shape index (κ1) is 11.2. The second kappa shape index (κ2) is 4.42. The maximum absolute atomic E-state index is 5.83. The van der Waals surface area contributed by atoms with Gasteiger partial charge in [-0.15, -0.1) is 0 Å². The van der Waals surface area contributed by atoms with Crippen molar-refractivity contribution in [3.63, 3.8) is 0 Å². The third-order valence-corrected chi connectivity index (χ3v) is 3.41. The highest BCUT2D eigenvalue weighted by Crippen LogP contribution is 2.41. The Morgan fingerprint density at radius 3 is 3.06 bits per heavy atom. The number of pyridine rings is 1. The quantitative estimate of drug-likeness (QED) is 0.877. The van der Waals surface area contributed by atoms with Gasteiger partial charge in [0, 0.05) is 35.5 Å². The van der Waals surface area contributed by atoms with Crippen molar-refractivity contribution in [2.75, 3.05) is 13.2 Å². The standard InChI is InChI=1S/C15H16N2O/c1-10-7-11(5-6-17-10)13-3-2-4-14-12(8-16)9-18-15(13)14/h2-7,12H,8-9,16H2,1H3/t12-/m1/s1. The Balaban J connectivity index is 2.12. The lowest BCUT2D eigenvalue weighted by atomic mass is 9.96. The number of para-hydroxylation sites is 1. The highest BCUT2D eigenvalue weighted by atomic mass is 16.5. The van der Waals surface area contributed by atoms with Gasteiger partial charge in [0.1, 0.15) is 5.75 Å². The van der Waals surface area contributed by atoms with E-state index < -0.39 is 0 Å². The Morgan fingerprint density at radius 2 is 2.28 bits per heavy atom. The van der Waals surface area contributed by atoms with Crippen molar-refractivity contribution in [1.29, 1.82) is 0 Å². The molecule has 0 aliphatic carbocycles. The van der Waals surface area contributed by atoms with Crippen molar-refractivity contribution in [3.05, 3.63) is 47.8 Å². The molecule has 1 aromatic heterocycles. The summed E-state index contributed by atoms with van der Waals surface area (Å²) in [5, 5.41) is 0. The van der Waals surface area contributed by atoms with Crippen LogP contribution >= 0.6 is 0 Å². The summed E-state index contributed by atoms with van der Waals surface area (Å²) < 4.78 is 5.83. The van der Waals surface area contributed by atoms with Crippen LogP contribution in [0.25, 0.3) is 11.1 Å². The molecule has 0 radical (unpaired) electrons. The molecular weight excluding hydrogens is 224 g/mol. The van der Waals surface area contributed by atoms with Gasteiger partial charge in [0.15, 0.2) is 0 Å². The van der Waals surface area contributed by atoms with Crippen LogP contribution < -0.4 is 10.5 Å². The van der Waals surface area contributed by atoms with Gasteiger partial charge in [0.05, 0.1) is 6.61 Å². The zero-order valence-electron chi connectivity index (χ0n) is 10.4. The SMILES string of the molecule is Cc1cc(-c2cccc3c2OC[C@H]3CN)ccn1. The molecule has 0 saturated heterocycles. The first-order chi connectivity index (χ1) is 8.79. The maximum Gasteiger partial charge on any atom is 0.130 e. The van der Waals surface area contributed by atoms with E-state index in [0.29, 0.717) is 19.1 Å². The van der Waals surface area contributed by atoms with Gasteiger partial charge in [-0.1, -0.05) is 18.2 Å². The zero-order chi connectivity index (χ0) is 12.5. The molecule has 1 aliphatic heterocycles. The molecule has 0 fully saturated rings. The van der Waals surface area contributed by atoms with Crippen LogP contribution in [0.5, 0.6) is 5.75 Å². The van der Waals surface area contributed by atoms with Gasteiger partial charge in [-0.25, -0.2) is 0 Å². The summed E-state index contributed by atoms with van der Waals surface area (Å²) in [7, 11) is 0. The van der Waals surface area contributed by atoms with E-state index in [1.165, 1.54) is 5.56 Å². The van der Waals surface area contributed by atoms with Crippen LogP contribution in [0.1, 0.15) is 17.2 Å². The Labute approximate surface area is 107 Å². The van der Waals surface area contributed by atoms with E-state index in [1.807, 2.05) is 19.2 Å². The molecule has 0 unspecified atom stereocenters. The summed E-state index contributed by atoms with van der Waals surface area (Å²) in [5.74, 6) is 1.31. The minimum Gasteiger partial charge on any atom is -0.492 e. The van der Waals surface area contributed by atoms with Crippen molar-refractivity contribution >= 4 is 0 Å². The van der Waals surface area contributed by atoms with Crippen LogP contribution in [-0.2, 0) is 0 Å². The molecule has 3 nitrogen and oxygen atoms in total. The molecule has 2 N–H and O–H groups in total. The lowest BCUT2D eigenvalue weighted by Crippen LogP contribution is -2.13. The highest BCUT2D eigenvalue weighted by Gasteiger charge is 2.25. The van der Waals surface area contributed by atoms with Gasteiger partial charge in [-0.05, 0) is 24.6 Å². The van der Waals surface area contributed by atoms with Gasteiger partial charge in [-0.2, -0.15) is 0 Å². The lowest BCUT2D eigenvalue weighted by molar-refractivity contribution is 0.334. The molecule has 92 valence electrons. The van der Waals surface area contributed by atoms with Crippen LogP contribution in [0.3, 0.4) is 0 Å². The molecule has 2 aromatic rings. The average molecular weight is 240 g/mol. The number of nitrogens with two attached hydrogens (primary N) is 1. The fourth-order valence-corrected chi connectivity index (χ4v) is 2.45. The number of aromatic nitrogens is 1. The normalized spacial score (nSPS) is 17.3. The molecule has 0 amide bonds. The smallest absolute Gasteiger partial charge is 0.130 e. The van der Waals surface area contributed by atoms with E-state index in [-0.39, 0.29) is 0 Å². The number of hydrogen-bond donors (Lipinski definition) is 1. The van der Waals surface area contributed by atoms with Crippen molar-refractivity contribution in [1.82, 2.24) is 4.98 Å². The molecule has 0 bridgehead atoms. The molecule has 3 rings (SSSR count). The van der Waals surface area contributed by atoms with E-state index in [0.717, 1.165) is 22.6 Å². The van der Waals surface area contributed by atoms with Gasteiger partial charge in [-0.3, -0.25) is 4.98 Å². The van der Waals surface area contributed by atoms with Gasteiger partial charge in [0.25, 0.3) is 0 Å². The predicted molar refractivity (Wildman–Crippen MR) is 71.7 cm³/mol. The molecule has 2 heterocycles. The number of aryl methyl sites for hydroxylation is 1. The monoisotopic (exact) mass is 240 g/mol. The van der Waals surface area contributed by atoms with Crippen molar-refractivity contribution < 1.29 is 4.74 Å². The van der Waals surface area contributed by atoms with Crippen LogP contribution in [-0.4, -0.2) is 18.1 Å². The molecule has 0 spiro atoms. The van der Waals surface area contributed by atoms with E-state index in [2.05, 4.69) is 29.2 Å². The second-order valence-electron chi connectivity index (χ2n) is 4.65. The highest BCUT2D eigenvalue weighted by molar-refractivity contribution is 5.73. The first-order valence-electron chi connectivity index (χ1n) is 6.18. The molecular formula is C15H16N2O. The van der Waals surface area contributed by atoms with E-state index in [4.69, 9.17) is 10.5 Å². The van der Waals surface area contributed by atoms with Crippen LogP contribution in [0.4, 0.5) is 0 Å². The molecule has 3 heteroatoms. The third-order valence-electron chi connectivity index (χ3n) is 3.41. The Hall–Kier alpha value is -1.87. The van der Waals surface area contributed by atoms with Crippen LogP contribution in [0.2, 0.25) is 0 Å². The number of fused-ring (bicyclic) bond motifs is 1. The van der Waals surface area contributed by atoms with Crippen molar-refractivity contribution in [2.24, 2.45) is 5.73 Å². The zero-order valence-corrected chi connectivity index (χ0v) is 10.4. The molecule has 1 atom stereocenters. The number of ether oxygens (including phenoxy) is 1. The fourth-order valence-electron chi connectivity index (χ4n) is 2.45. The van der Waals surface area contributed by atoms with Crippen LogP contribution in [0.15, 0.2) is 36.5 Å². The number of rotatable bonds is 2. The maximum atomic E-state index is 5.83. The van der Waals surface area contributed by atoms with Crippen molar-refractivity contribution in [3.8, 4) is 16.9 Å². The number of hydrogen-bond acceptors (Lipinski definition) is 3. The molecule has 1 aliphatic rings. The number of benzene rings is 1. The molecule has 0 saturated carbocycles. The van der Waals surface area contributed by atoms with Crippen molar-refractivity contribution in [2.45, 2.75) is 12.8 Å². The largest absolute Gasteiger partial charge is 0.492 e. The van der Waals surface area contributed by atoms with E-state index >= 15 is 0 Å². The molecule has 18 heavy (non-hydrogen) atoms. The van der Waals surface area contributed by atoms with Gasteiger partial charge in [0.2, 0.25) is 0 Å². The minimum absolute atomic E-state index is 0.322. The Morgan fingerprint density at radius 1 is 1.39 bits per heavy atom. The summed E-state index contributed by atoms with van der Waals surface area (Å²) in [6.07, 6.45) is 1.83. The molecule has 1 aromatic carbocycles. The van der Waals surface area contributed by atoms with E-state index in [1.54, 1.807) is 0 Å². The first-order valence-corrected chi connectivity index (χ1v) is 6.18. The predicted octanol–water partition coefficient (Wildman–Crippen LogP) is 2.49. The minimum atomic E-state index is 0.322. The average Bonchev–Trinajstić information content (AvgIpc) is 2.81. The van der Waals surface area contributed by atoms with Gasteiger partial charge < -0.3 is 10.5 Å². The number of nitrogens with zero attached hydrogens (tertiary/aromatic N) is 1. The third kappa shape index (κ3) is 1.77. The lowest BCUT2D eigenvalue weighted by Gasteiger charge is -2.09. The van der Waals surface area contributed by atoms with E-state index in [9.17, 15) is 0 Å². The summed E-state index contributed by atoms with van der Waals surface area (Å²) in [4.78, 5) is 4.23. The summed E-state index contributed by atoms with van der Waals surface area (Å²) >= 11 is 0. The summed E-state index contributed by atoms with van der Waals surface area (Å²) in [5.41, 5.74) is 10.3. The Kier molecular flexibility index (Phi) is 2.76. The van der Waals surface area contributed by atoms with Crippen LogP contribution in [0, 0.1) is 6.92 Å². The van der Waals surface area contributed by atoms with Gasteiger partial charge >= 0.3 is 0 Å². The second-order valence-corrected chi connectivity index (χ2v) is 4.65. The Bertz CT molecular complexity index is 580.